The van der Waals surface area contributed by atoms with Crippen molar-refractivity contribution >= 4 is 27.8 Å². The molecular formula is C18H15N5O2S. The van der Waals surface area contributed by atoms with Crippen molar-refractivity contribution in [2.75, 3.05) is 0 Å². The minimum absolute atomic E-state index is 0.313. The lowest BCUT2D eigenvalue weighted by molar-refractivity contribution is 0.243. The average molecular weight is 365 g/mol. The molecule has 8 heteroatoms. The van der Waals surface area contributed by atoms with Gasteiger partial charge in [0.05, 0.1) is 11.1 Å². The van der Waals surface area contributed by atoms with E-state index < -0.39 is 6.03 Å². The third kappa shape index (κ3) is 3.02. The third-order valence-corrected chi connectivity index (χ3v) is 4.94. The Morgan fingerprint density at radius 3 is 2.88 bits per heavy atom. The number of aromatic nitrogens is 4. The number of nitrogens with one attached hydrogen (secondary N) is 1. The minimum atomic E-state index is -0.457. The number of amides is 1. The van der Waals surface area contributed by atoms with E-state index in [1.54, 1.807) is 23.0 Å². The van der Waals surface area contributed by atoms with Crippen LogP contribution in [0.3, 0.4) is 0 Å². The first-order valence-corrected chi connectivity index (χ1v) is 8.73. The van der Waals surface area contributed by atoms with Crippen molar-refractivity contribution in [1.29, 1.82) is 0 Å². The number of carbonyl (C=O) groups excluding carboxylic acids is 1. The van der Waals surface area contributed by atoms with Gasteiger partial charge in [0.1, 0.15) is 4.83 Å². The van der Waals surface area contributed by atoms with Crippen LogP contribution in [-0.2, 0) is 13.6 Å². The van der Waals surface area contributed by atoms with Crippen molar-refractivity contribution in [3.63, 3.8) is 0 Å². The van der Waals surface area contributed by atoms with Crippen LogP contribution in [0.1, 0.15) is 5.56 Å². The zero-order valence-electron chi connectivity index (χ0n) is 13.9. The van der Waals surface area contributed by atoms with E-state index in [1.165, 1.54) is 0 Å². The number of pyridine rings is 1. The predicted octanol–water partition coefficient (Wildman–Crippen LogP) is 2.62. The first kappa shape index (κ1) is 16.2. The molecule has 1 N–H and O–H groups in total. The summed E-state index contributed by atoms with van der Waals surface area (Å²) in [4.78, 5) is 29.3. The molecule has 0 atom stereocenters. The molecule has 0 spiro atoms. The Kier molecular flexibility index (Phi) is 4.10. The molecule has 1 aromatic carbocycles. The minimum Gasteiger partial charge on any atom is -0.333 e. The lowest BCUT2D eigenvalue weighted by Gasteiger charge is -2.06. The molecule has 4 aromatic rings. The van der Waals surface area contributed by atoms with E-state index in [0.29, 0.717) is 16.8 Å². The highest BCUT2D eigenvalue weighted by Gasteiger charge is 2.14. The Labute approximate surface area is 152 Å². The molecule has 1 amide bonds. The summed E-state index contributed by atoms with van der Waals surface area (Å²) in [7, 11) is 1.87. The Hall–Kier alpha value is -3.26. The number of fused-ring (bicyclic) bond motifs is 1. The number of carbonyl (C=O) groups is 1. The maximum atomic E-state index is 12.4. The van der Waals surface area contributed by atoms with E-state index in [0.717, 1.165) is 32.3 Å². The van der Waals surface area contributed by atoms with E-state index in [9.17, 15) is 9.59 Å². The summed E-state index contributed by atoms with van der Waals surface area (Å²) in [6.07, 6.45) is 3.48. The molecule has 0 aliphatic heterocycles. The summed E-state index contributed by atoms with van der Waals surface area (Å²) in [5.74, 6) is 0. The number of benzene rings is 1. The van der Waals surface area contributed by atoms with Gasteiger partial charge in [0.2, 0.25) is 0 Å². The molecule has 130 valence electrons. The lowest BCUT2D eigenvalue weighted by atomic mass is 10.1. The van der Waals surface area contributed by atoms with Gasteiger partial charge in [0, 0.05) is 31.5 Å². The van der Waals surface area contributed by atoms with Crippen LogP contribution in [-0.4, -0.2) is 24.8 Å². The Bertz CT molecular complexity index is 1160. The summed E-state index contributed by atoms with van der Waals surface area (Å²) in [5.41, 5.74) is 2.42. The summed E-state index contributed by atoms with van der Waals surface area (Å²) in [5, 5.41) is 7.61. The predicted molar refractivity (Wildman–Crippen MR) is 100 cm³/mol. The summed E-state index contributed by atoms with van der Waals surface area (Å²) < 4.78 is 2.84. The van der Waals surface area contributed by atoms with Gasteiger partial charge in [-0.3, -0.25) is 9.48 Å². The first-order valence-electron chi connectivity index (χ1n) is 7.96. The lowest BCUT2D eigenvalue weighted by Crippen LogP contribution is -2.32. The van der Waals surface area contributed by atoms with Gasteiger partial charge in [-0.25, -0.2) is 9.78 Å². The molecule has 0 fully saturated rings. The molecule has 0 saturated carbocycles. The molecule has 26 heavy (non-hydrogen) atoms. The van der Waals surface area contributed by atoms with Crippen LogP contribution in [0.5, 0.6) is 0 Å². The van der Waals surface area contributed by atoms with Gasteiger partial charge in [0.15, 0.2) is 0 Å². The van der Waals surface area contributed by atoms with E-state index in [-0.39, 0.29) is 5.56 Å². The zero-order valence-corrected chi connectivity index (χ0v) is 14.7. The van der Waals surface area contributed by atoms with E-state index in [1.807, 2.05) is 43.6 Å². The van der Waals surface area contributed by atoms with Crippen molar-refractivity contribution in [3.8, 4) is 11.3 Å². The van der Waals surface area contributed by atoms with E-state index in [4.69, 9.17) is 0 Å². The van der Waals surface area contributed by atoms with Crippen molar-refractivity contribution in [1.82, 2.24) is 24.0 Å². The van der Waals surface area contributed by atoms with E-state index in [2.05, 4.69) is 15.4 Å². The highest BCUT2D eigenvalue weighted by Crippen LogP contribution is 2.18. The van der Waals surface area contributed by atoms with Gasteiger partial charge in [-0.1, -0.05) is 18.2 Å². The second kappa shape index (κ2) is 6.57. The Morgan fingerprint density at radius 2 is 2.12 bits per heavy atom. The van der Waals surface area contributed by atoms with E-state index >= 15 is 0 Å². The van der Waals surface area contributed by atoms with Gasteiger partial charge in [-0.15, -0.1) is 0 Å². The fourth-order valence-corrected chi connectivity index (χ4v) is 3.52. The maximum absolute atomic E-state index is 12.4. The number of hydrogen-bond donors (Lipinski definition) is 1. The molecule has 3 aromatic heterocycles. The molecule has 0 radical (unpaired) electrons. The van der Waals surface area contributed by atoms with Crippen LogP contribution in [0.4, 0.5) is 4.79 Å². The number of hydrogen-bond acceptors (Lipinski definition) is 5. The van der Waals surface area contributed by atoms with Gasteiger partial charge in [-0.2, -0.15) is 9.06 Å². The summed E-state index contributed by atoms with van der Waals surface area (Å²) in [6.45, 7) is 0.313. The third-order valence-electron chi connectivity index (χ3n) is 3.93. The van der Waals surface area contributed by atoms with Gasteiger partial charge in [-0.05, 0) is 41.4 Å². The molecule has 7 nitrogen and oxygen atoms in total. The largest absolute Gasteiger partial charge is 0.338 e. The van der Waals surface area contributed by atoms with Gasteiger partial charge < -0.3 is 5.32 Å². The van der Waals surface area contributed by atoms with Gasteiger partial charge >= 0.3 is 6.03 Å². The van der Waals surface area contributed by atoms with Crippen molar-refractivity contribution in [2.24, 2.45) is 7.05 Å². The smallest absolute Gasteiger partial charge is 0.333 e. The van der Waals surface area contributed by atoms with Crippen LogP contribution < -0.4 is 10.9 Å². The SMILES string of the molecule is Cn1ccc(-c2cccc(CNC(=O)n3sc4ncccc4c3=O)c2)n1. The number of rotatable bonds is 3. The zero-order chi connectivity index (χ0) is 18.1. The quantitative estimate of drug-likeness (QED) is 0.605. The fourth-order valence-electron chi connectivity index (χ4n) is 2.66. The number of aryl methyl sites for hydroxylation is 1. The number of nitrogens with zero attached hydrogens (tertiary/aromatic N) is 4. The van der Waals surface area contributed by atoms with Crippen molar-refractivity contribution < 1.29 is 4.79 Å². The molecule has 4 rings (SSSR count). The van der Waals surface area contributed by atoms with Crippen LogP contribution >= 0.6 is 11.5 Å². The van der Waals surface area contributed by atoms with Crippen LogP contribution in [0, 0.1) is 0 Å². The summed E-state index contributed by atoms with van der Waals surface area (Å²) in [6, 6.07) is 12.6. The Morgan fingerprint density at radius 1 is 1.23 bits per heavy atom. The fraction of sp³-hybridized carbons (Fsp3) is 0.111. The topological polar surface area (TPSA) is 81.8 Å². The molecule has 0 unspecified atom stereocenters. The highest BCUT2D eigenvalue weighted by atomic mass is 32.1. The second-order valence-corrected chi connectivity index (χ2v) is 6.72. The molecule has 0 saturated heterocycles. The van der Waals surface area contributed by atoms with Crippen LogP contribution in [0.2, 0.25) is 0 Å². The molecule has 0 aliphatic carbocycles. The van der Waals surface area contributed by atoms with Crippen LogP contribution in [0.15, 0.2) is 59.7 Å². The second-order valence-electron chi connectivity index (χ2n) is 5.78. The standard InChI is InChI=1S/C18H15N5O2S/c1-22-9-7-15(21-22)13-5-2-4-12(10-13)11-20-18(25)23-17(24)14-6-3-8-19-16(14)26-23/h2-10H,11H2,1H3,(H,20,25). The van der Waals surface area contributed by atoms with Crippen molar-refractivity contribution in [2.45, 2.75) is 6.54 Å². The molecule has 3 heterocycles. The first-order chi connectivity index (χ1) is 12.6. The van der Waals surface area contributed by atoms with Gasteiger partial charge in [0.25, 0.3) is 5.56 Å². The van der Waals surface area contributed by atoms with Crippen molar-refractivity contribution in [3.05, 3.63) is 70.8 Å². The molecule has 0 aliphatic rings. The normalized spacial score (nSPS) is 11.0. The molecule has 0 bridgehead atoms. The van der Waals surface area contributed by atoms with Crippen LogP contribution in [0.25, 0.3) is 21.5 Å². The monoisotopic (exact) mass is 365 g/mol. The summed E-state index contributed by atoms with van der Waals surface area (Å²) >= 11 is 1.04. The molecular weight excluding hydrogens is 350 g/mol. The maximum Gasteiger partial charge on any atom is 0.338 e. The highest BCUT2D eigenvalue weighted by molar-refractivity contribution is 7.14. The Balaban J connectivity index is 1.52. The average Bonchev–Trinajstić information content (AvgIpc) is 3.24.